The maximum Gasteiger partial charge on any atom is 0.254 e. The molecule has 2 aromatic rings. The quantitative estimate of drug-likeness (QED) is 0.882. The van der Waals surface area contributed by atoms with E-state index in [9.17, 15) is 9.59 Å². The summed E-state index contributed by atoms with van der Waals surface area (Å²) in [5.74, 6) is -0.216. The van der Waals surface area contributed by atoms with Gasteiger partial charge in [0.25, 0.3) is 5.91 Å². The van der Waals surface area contributed by atoms with Crippen LogP contribution in [0.25, 0.3) is 0 Å². The van der Waals surface area contributed by atoms with Gasteiger partial charge in [0.2, 0.25) is 5.91 Å². The highest BCUT2D eigenvalue weighted by Crippen LogP contribution is 2.25. The van der Waals surface area contributed by atoms with Crippen LogP contribution in [0, 0.1) is 6.92 Å². The SMILES string of the molecule is Cc1ccc(N)cc1C(=O)N(C)C1CCN(c2ccccc2)C1=O. The number of nitrogen functional groups attached to an aromatic ring is 1. The van der Waals surface area contributed by atoms with Crippen molar-refractivity contribution in [3.05, 3.63) is 59.7 Å². The first-order valence-electron chi connectivity index (χ1n) is 7.99. The summed E-state index contributed by atoms with van der Waals surface area (Å²) in [5, 5.41) is 0. The average molecular weight is 323 g/mol. The Hall–Kier alpha value is -2.82. The van der Waals surface area contributed by atoms with E-state index in [0.29, 0.717) is 24.2 Å². The fraction of sp³-hybridized carbons (Fsp3) is 0.263. The van der Waals surface area contributed by atoms with Crippen LogP contribution in [-0.2, 0) is 4.79 Å². The van der Waals surface area contributed by atoms with E-state index < -0.39 is 6.04 Å². The molecule has 0 saturated carbocycles. The minimum absolute atomic E-state index is 0.0430. The van der Waals surface area contributed by atoms with Gasteiger partial charge < -0.3 is 15.5 Å². The molecule has 2 N–H and O–H groups in total. The van der Waals surface area contributed by atoms with E-state index in [0.717, 1.165) is 11.3 Å². The van der Waals surface area contributed by atoms with E-state index in [-0.39, 0.29) is 11.8 Å². The Kier molecular flexibility index (Phi) is 4.25. The van der Waals surface area contributed by atoms with Gasteiger partial charge in [0.05, 0.1) is 0 Å². The van der Waals surface area contributed by atoms with Gasteiger partial charge in [0.15, 0.2) is 0 Å². The zero-order valence-corrected chi connectivity index (χ0v) is 13.9. The standard InChI is InChI=1S/C19H21N3O2/c1-13-8-9-14(20)12-16(13)18(23)21(2)17-10-11-22(19(17)24)15-6-4-3-5-7-15/h3-9,12,17H,10-11,20H2,1-2H3. The number of para-hydroxylation sites is 1. The van der Waals surface area contributed by atoms with Crippen LogP contribution in [0.3, 0.4) is 0 Å². The topological polar surface area (TPSA) is 66.6 Å². The normalized spacial score (nSPS) is 17.2. The summed E-state index contributed by atoms with van der Waals surface area (Å²) in [4.78, 5) is 28.8. The van der Waals surface area contributed by atoms with Gasteiger partial charge in [0.1, 0.15) is 6.04 Å². The number of amides is 2. The molecule has 1 atom stereocenters. The second-order valence-electron chi connectivity index (χ2n) is 6.12. The summed E-state index contributed by atoms with van der Waals surface area (Å²) in [6, 6.07) is 14.4. The van der Waals surface area contributed by atoms with Crippen LogP contribution in [0.1, 0.15) is 22.3 Å². The van der Waals surface area contributed by atoms with E-state index >= 15 is 0 Å². The zero-order chi connectivity index (χ0) is 17.3. The lowest BCUT2D eigenvalue weighted by molar-refractivity contribution is -0.120. The molecule has 124 valence electrons. The molecule has 1 fully saturated rings. The lowest BCUT2D eigenvalue weighted by Gasteiger charge is -2.25. The number of hydrogen-bond acceptors (Lipinski definition) is 3. The van der Waals surface area contributed by atoms with Crippen LogP contribution in [0.4, 0.5) is 11.4 Å². The van der Waals surface area contributed by atoms with Crippen molar-refractivity contribution in [2.75, 3.05) is 24.2 Å². The predicted molar refractivity (Wildman–Crippen MR) is 94.9 cm³/mol. The van der Waals surface area contributed by atoms with Crippen molar-refractivity contribution in [3.63, 3.8) is 0 Å². The first-order chi connectivity index (χ1) is 11.5. The largest absolute Gasteiger partial charge is 0.399 e. The molecule has 0 aliphatic carbocycles. The molecule has 24 heavy (non-hydrogen) atoms. The van der Waals surface area contributed by atoms with Gasteiger partial charge in [-0.25, -0.2) is 0 Å². The average Bonchev–Trinajstić information content (AvgIpc) is 2.98. The van der Waals surface area contributed by atoms with Gasteiger partial charge in [-0.2, -0.15) is 0 Å². The number of carbonyl (C=O) groups excluding carboxylic acids is 2. The van der Waals surface area contributed by atoms with Crippen LogP contribution in [0.2, 0.25) is 0 Å². The van der Waals surface area contributed by atoms with Crippen molar-refractivity contribution in [1.29, 1.82) is 0 Å². The monoisotopic (exact) mass is 323 g/mol. The third-order valence-electron chi connectivity index (χ3n) is 4.52. The molecule has 2 amide bonds. The molecule has 0 spiro atoms. The third kappa shape index (κ3) is 2.85. The molecule has 0 radical (unpaired) electrons. The van der Waals surface area contributed by atoms with Gasteiger partial charge in [0, 0.05) is 30.5 Å². The van der Waals surface area contributed by atoms with Crippen LogP contribution in [0.15, 0.2) is 48.5 Å². The second-order valence-corrected chi connectivity index (χ2v) is 6.12. The maximum absolute atomic E-state index is 12.8. The Bertz CT molecular complexity index is 773. The highest BCUT2D eigenvalue weighted by Gasteiger charge is 2.37. The van der Waals surface area contributed by atoms with Gasteiger partial charge in [-0.05, 0) is 43.2 Å². The molecule has 1 unspecified atom stereocenters. The smallest absolute Gasteiger partial charge is 0.254 e. The summed E-state index contributed by atoms with van der Waals surface area (Å²) >= 11 is 0. The first-order valence-corrected chi connectivity index (χ1v) is 7.99. The fourth-order valence-corrected chi connectivity index (χ4v) is 3.09. The Balaban J connectivity index is 1.81. The highest BCUT2D eigenvalue weighted by molar-refractivity contribution is 6.04. The van der Waals surface area contributed by atoms with Gasteiger partial charge in [-0.1, -0.05) is 24.3 Å². The molecule has 1 heterocycles. The number of carbonyl (C=O) groups is 2. The molecule has 0 bridgehead atoms. The number of nitrogens with zero attached hydrogens (tertiary/aromatic N) is 2. The second kappa shape index (κ2) is 6.35. The fourth-order valence-electron chi connectivity index (χ4n) is 3.09. The zero-order valence-electron chi connectivity index (χ0n) is 13.9. The Morgan fingerprint density at radius 1 is 1.21 bits per heavy atom. The molecule has 2 aromatic carbocycles. The minimum Gasteiger partial charge on any atom is -0.399 e. The van der Waals surface area contributed by atoms with Crippen LogP contribution >= 0.6 is 0 Å². The molecule has 0 aromatic heterocycles. The van der Waals surface area contributed by atoms with Crippen molar-refractivity contribution in [2.24, 2.45) is 0 Å². The number of nitrogens with two attached hydrogens (primary N) is 1. The maximum atomic E-state index is 12.8. The lowest BCUT2D eigenvalue weighted by Crippen LogP contribution is -2.43. The van der Waals surface area contributed by atoms with E-state index in [1.54, 1.807) is 24.1 Å². The number of likely N-dealkylation sites (N-methyl/N-ethyl adjacent to an activating group) is 1. The Morgan fingerprint density at radius 3 is 2.62 bits per heavy atom. The Labute approximate surface area is 141 Å². The van der Waals surface area contributed by atoms with E-state index in [2.05, 4.69) is 0 Å². The van der Waals surface area contributed by atoms with Crippen molar-refractivity contribution in [2.45, 2.75) is 19.4 Å². The van der Waals surface area contributed by atoms with E-state index in [4.69, 9.17) is 5.73 Å². The van der Waals surface area contributed by atoms with Gasteiger partial charge >= 0.3 is 0 Å². The highest BCUT2D eigenvalue weighted by atomic mass is 16.2. The lowest BCUT2D eigenvalue weighted by atomic mass is 10.1. The van der Waals surface area contributed by atoms with Crippen LogP contribution < -0.4 is 10.6 Å². The van der Waals surface area contributed by atoms with E-state index in [1.807, 2.05) is 43.3 Å². The van der Waals surface area contributed by atoms with Crippen molar-refractivity contribution >= 4 is 23.2 Å². The van der Waals surface area contributed by atoms with E-state index in [1.165, 1.54) is 4.90 Å². The third-order valence-corrected chi connectivity index (χ3v) is 4.52. The molecular formula is C19H21N3O2. The summed E-state index contributed by atoms with van der Waals surface area (Å²) in [7, 11) is 1.68. The molecule has 1 aliphatic rings. The number of anilines is 2. The summed E-state index contributed by atoms with van der Waals surface area (Å²) < 4.78 is 0. The van der Waals surface area contributed by atoms with Gasteiger partial charge in [-0.3, -0.25) is 9.59 Å². The molecule has 1 aliphatic heterocycles. The van der Waals surface area contributed by atoms with Crippen molar-refractivity contribution < 1.29 is 9.59 Å². The van der Waals surface area contributed by atoms with Crippen LogP contribution in [0.5, 0.6) is 0 Å². The number of rotatable bonds is 3. The summed E-state index contributed by atoms with van der Waals surface area (Å²) in [6.45, 7) is 2.48. The predicted octanol–water partition coefficient (Wildman–Crippen LogP) is 2.45. The van der Waals surface area contributed by atoms with Gasteiger partial charge in [-0.15, -0.1) is 0 Å². The summed E-state index contributed by atoms with van der Waals surface area (Å²) in [6.07, 6.45) is 0.622. The number of hydrogen-bond donors (Lipinski definition) is 1. The number of benzene rings is 2. The molecular weight excluding hydrogens is 302 g/mol. The first kappa shape index (κ1) is 16.1. The molecule has 5 heteroatoms. The molecule has 5 nitrogen and oxygen atoms in total. The Morgan fingerprint density at radius 2 is 1.92 bits per heavy atom. The van der Waals surface area contributed by atoms with Crippen LogP contribution in [-0.4, -0.2) is 36.3 Å². The molecule has 1 saturated heterocycles. The number of aryl methyl sites for hydroxylation is 1. The molecule has 3 rings (SSSR count). The van der Waals surface area contributed by atoms with Crippen molar-refractivity contribution in [1.82, 2.24) is 4.90 Å². The summed E-state index contributed by atoms with van der Waals surface area (Å²) in [5.41, 5.74) is 8.61. The van der Waals surface area contributed by atoms with Crippen molar-refractivity contribution in [3.8, 4) is 0 Å². The minimum atomic E-state index is -0.446.